The lowest BCUT2D eigenvalue weighted by atomic mass is 10.2. The molecule has 132 valence electrons. The summed E-state index contributed by atoms with van der Waals surface area (Å²) in [6, 6.07) is 4.10. The summed E-state index contributed by atoms with van der Waals surface area (Å²) in [5.41, 5.74) is 0.787. The number of ether oxygens (including phenoxy) is 1. The number of halogens is 1. The third kappa shape index (κ3) is 3.29. The van der Waals surface area contributed by atoms with E-state index in [4.69, 9.17) is 4.74 Å². The van der Waals surface area contributed by atoms with Crippen LogP contribution in [0.4, 0.5) is 9.52 Å². The van der Waals surface area contributed by atoms with Crippen LogP contribution in [0.3, 0.4) is 0 Å². The monoisotopic (exact) mass is 362 g/mol. The summed E-state index contributed by atoms with van der Waals surface area (Å²) in [6.45, 7) is 3.44. The maximum absolute atomic E-state index is 13.9. The number of hydrogen-bond acceptors (Lipinski definition) is 7. The van der Waals surface area contributed by atoms with Gasteiger partial charge in [0.05, 0.1) is 11.1 Å². The zero-order valence-corrected chi connectivity index (χ0v) is 14.8. The molecule has 7 nitrogen and oxygen atoms in total. The molecule has 2 atom stereocenters. The van der Waals surface area contributed by atoms with Crippen LogP contribution in [-0.4, -0.2) is 50.2 Å². The van der Waals surface area contributed by atoms with Gasteiger partial charge in [0, 0.05) is 32.6 Å². The molecule has 1 aliphatic rings. The minimum atomic E-state index is -0.387. The van der Waals surface area contributed by atoms with Crippen molar-refractivity contribution in [3.8, 4) is 5.75 Å². The summed E-state index contributed by atoms with van der Waals surface area (Å²) in [5, 5.41) is 7.62. The Morgan fingerprint density at radius 3 is 3.12 bits per heavy atom. The van der Waals surface area contributed by atoms with Crippen molar-refractivity contribution < 1.29 is 9.13 Å². The van der Waals surface area contributed by atoms with E-state index < -0.39 is 0 Å². The van der Waals surface area contributed by atoms with Gasteiger partial charge in [-0.15, -0.1) is 0 Å². The molecule has 0 amide bonds. The third-order valence-corrected chi connectivity index (χ3v) is 5.46. The van der Waals surface area contributed by atoms with Crippen molar-refractivity contribution in [3.05, 3.63) is 35.5 Å². The van der Waals surface area contributed by atoms with E-state index in [1.165, 1.54) is 17.7 Å². The molecule has 1 saturated heterocycles. The topological polar surface area (TPSA) is 67.6 Å². The number of nitrogens with one attached hydrogen (secondary N) is 1. The van der Waals surface area contributed by atoms with Crippen molar-refractivity contribution in [3.63, 3.8) is 0 Å². The lowest BCUT2D eigenvalue weighted by Gasteiger charge is -2.19. The number of nitrogens with zero attached hydrogens (tertiary/aromatic N) is 5. The van der Waals surface area contributed by atoms with Gasteiger partial charge in [0.25, 0.3) is 0 Å². The van der Waals surface area contributed by atoms with Crippen molar-refractivity contribution in [2.24, 2.45) is 0 Å². The Bertz CT molecular complexity index is 881. The first-order valence-electron chi connectivity index (χ1n) is 8.15. The molecule has 0 aliphatic carbocycles. The lowest BCUT2D eigenvalue weighted by molar-refractivity contribution is 0.193. The number of fused-ring (bicyclic) bond motifs is 1. The first-order chi connectivity index (χ1) is 12.1. The van der Waals surface area contributed by atoms with E-state index in [2.05, 4.69) is 32.2 Å². The Morgan fingerprint density at radius 2 is 2.32 bits per heavy atom. The second-order valence-electron chi connectivity index (χ2n) is 6.16. The molecule has 25 heavy (non-hydrogen) atoms. The summed E-state index contributed by atoms with van der Waals surface area (Å²) in [7, 11) is 1.75. The molecular weight excluding hydrogens is 343 g/mol. The largest absolute Gasteiger partial charge is 0.487 e. The fourth-order valence-electron chi connectivity index (χ4n) is 3.13. The first kappa shape index (κ1) is 16.2. The Morgan fingerprint density at radius 1 is 1.44 bits per heavy atom. The average Bonchev–Trinajstić information content (AvgIpc) is 3.28. The number of hydrogen-bond donors (Lipinski definition) is 1. The summed E-state index contributed by atoms with van der Waals surface area (Å²) in [4.78, 5) is 10.9. The van der Waals surface area contributed by atoms with Crippen molar-refractivity contribution >= 4 is 22.1 Å². The molecule has 1 fully saturated rings. The van der Waals surface area contributed by atoms with Gasteiger partial charge in [-0.25, -0.2) is 9.50 Å². The number of likely N-dealkylation sites (tertiary alicyclic amines) is 1. The molecule has 9 heteroatoms. The highest BCUT2D eigenvalue weighted by Gasteiger charge is 2.31. The summed E-state index contributed by atoms with van der Waals surface area (Å²) in [6.07, 6.45) is 4.31. The Hall–Kier alpha value is -2.26. The Kier molecular flexibility index (Phi) is 4.26. The van der Waals surface area contributed by atoms with E-state index >= 15 is 0 Å². The minimum absolute atomic E-state index is 0.0655. The maximum Gasteiger partial charge on any atom is 0.230 e. The fourth-order valence-corrected chi connectivity index (χ4v) is 3.96. The van der Waals surface area contributed by atoms with Gasteiger partial charge >= 0.3 is 0 Å². The molecule has 2 unspecified atom stereocenters. The molecule has 3 aromatic rings. The molecule has 0 saturated carbocycles. The molecule has 1 aliphatic heterocycles. The quantitative estimate of drug-likeness (QED) is 0.752. The highest BCUT2D eigenvalue weighted by Crippen LogP contribution is 2.28. The van der Waals surface area contributed by atoms with Crippen LogP contribution < -0.4 is 10.1 Å². The number of rotatable bonds is 5. The van der Waals surface area contributed by atoms with Crippen LogP contribution in [0.1, 0.15) is 18.2 Å². The van der Waals surface area contributed by atoms with Crippen LogP contribution >= 0.6 is 11.3 Å². The van der Waals surface area contributed by atoms with Gasteiger partial charge in [0.2, 0.25) is 5.95 Å². The van der Waals surface area contributed by atoms with Gasteiger partial charge in [-0.05, 0) is 19.1 Å². The number of thiazole rings is 1. The Balaban J connectivity index is 1.42. The highest BCUT2D eigenvalue weighted by atomic mass is 32.1. The second-order valence-corrected chi connectivity index (χ2v) is 7.25. The number of pyridine rings is 1. The van der Waals surface area contributed by atoms with Crippen molar-refractivity contribution in [1.82, 2.24) is 24.5 Å². The maximum atomic E-state index is 13.9. The van der Waals surface area contributed by atoms with Gasteiger partial charge in [0.15, 0.2) is 10.8 Å². The smallest absolute Gasteiger partial charge is 0.230 e. The van der Waals surface area contributed by atoms with Crippen LogP contribution in [-0.2, 0) is 6.54 Å². The first-order valence-corrected chi connectivity index (χ1v) is 8.97. The van der Waals surface area contributed by atoms with Crippen molar-refractivity contribution in [2.75, 3.05) is 18.9 Å². The van der Waals surface area contributed by atoms with Crippen LogP contribution in [0.15, 0.2) is 24.7 Å². The molecule has 1 N–H and O–H groups in total. The van der Waals surface area contributed by atoms with E-state index in [0.29, 0.717) is 22.6 Å². The number of anilines is 1. The molecule has 0 bridgehead atoms. The van der Waals surface area contributed by atoms with E-state index in [-0.39, 0.29) is 12.1 Å². The lowest BCUT2D eigenvalue weighted by Crippen LogP contribution is -2.28. The van der Waals surface area contributed by atoms with E-state index in [1.807, 2.05) is 18.3 Å². The van der Waals surface area contributed by atoms with Crippen LogP contribution in [0, 0.1) is 5.95 Å². The van der Waals surface area contributed by atoms with Gasteiger partial charge < -0.3 is 10.1 Å². The normalized spacial score (nSPS) is 21.1. The second kappa shape index (κ2) is 6.57. The molecular formula is C16H19FN6OS. The predicted octanol–water partition coefficient (Wildman–Crippen LogP) is 2.41. The third-order valence-electron chi connectivity index (χ3n) is 4.43. The SMILES string of the molecule is CNc1nc(F)c(CN2CC(Oc3ccc4ncnn4c3)CC2C)s1. The summed E-state index contributed by atoms with van der Waals surface area (Å²) >= 11 is 1.36. The standard InChI is InChI=1S/C16H19FN6OS/c1-10-5-12(24-11-3-4-14-19-9-20-23(14)7-11)6-22(10)8-13-15(17)21-16(18-2)25-13/h3-4,7,9-10,12H,5-6,8H2,1-2H3,(H,18,21). The summed E-state index contributed by atoms with van der Waals surface area (Å²) in [5.74, 6) is 0.376. The molecule has 4 rings (SSSR count). The predicted molar refractivity (Wildman–Crippen MR) is 93.5 cm³/mol. The van der Waals surface area contributed by atoms with Gasteiger partial charge in [-0.3, -0.25) is 4.90 Å². The fraction of sp³-hybridized carbons (Fsp3) is 0.438. The molecule has 0 spiro atoms. The molecule has 0 aromatic carbocycles. The Labute approximate surface area is 148 Å². The minimum Gasteiger partial charge on any atom is -0.487 e. The van der Waals surface area contributed by atoms with Crippen molar-refractivity contribution in [2.45, 2.75) is 32.0 Å². The van der Waals surface area contributed by atoms with Crippen LogP contribution in [0.5, 0.6) is 5.75 Å². The zero-order chi connectivity index (χ0) is 17.4. The zero-order valence-electron chi connectivity index (χ0n) is 14.0. The van der Waals surface area contributed by atoms with Gasteiger partial charge in [-0.1, -0.05) is 11.3 Å². The van der Waals surface area contributed by atoms with E-state index in [0.717, 1.165) is 24.4 Å². The summed E-state index contributed by atoms with van der Waals surface area (Å²) < 4.78 is 21.7. The number of aromatic nitrogens is 4. The molecule has 0 radical (unpaired) electrons. The van der Waals surface area contributed by atoms with Crippen LogP contribution in [0.2, 0.25) is 0 Å². The molecule has 4 heterocycles. The van der Waals surface area contributed by atoms with E-state index in [1.54, 1.807) is 11.6 Å². The van der Waals surface area contributed by atoms with Gasteiger partial charge in [0.1, 0.15) is 18.2 Å². The average molecular weight is 362 g/mol. The molecule has 3 aromatic heterocycles. The highest BCUT2D eigenvalue weighted by molar-refractivity contribution is 7.15. The van der Waals surface area contributed by atoms with Crippen LogP contribution in [0.25, 0.3) is 5.65 Å². The van der Waals surface area contributed by atoms with E-state index in [9.17, 15) is 4.39 Å². The van der Waals surface area contributed by atoms with Crippen molar-refractivity contribution in [1.29, 1.82) is 0 Å². The van der Waals surface area contributed by atoms with Gasteiger partial charge in [-0.2, -0.15) is 14.5 Å².